The Labute approximate surface area is 143 Å². The van der Waals surface area contributed by atoms with Gasteiger partial charge in [-0.1, -0.05) is 5.16 Å². The maximum atomic E-state index is 12.8. The van der Waals surface area contributed by atoms with Gasteiger partial charge in [0, 0.05) is 5.56 Å². The number of hydrogen-bond acceptors (Lipinski definition) is 2. The van der Waals surface area contributed by atoms with Gasteiger partial charge >= 0.3 is 58.4 Å². The van der Waals surface area contributed by atoms with Gasteiger partial charge in [0.2, 0.25) is 0 Å². The van der Waals surface area contributed by atoms with E-state index in [9.17, 15) is 17.3 Å². The average molecular weight is 283 g/mol. The molecule has 18 heavy (non-hydrogen) atoms. The Balaban J connectivity index is 0.00000162. The van der Waals surface area contributed by atoms with Crippen LogP contribution in [-0.4, -0.2) is 12.1 Å². The Bertz CT molecular complexity index is 538. The molecule has 0 atom stereocenters. The third-order valence-corrected chi connectivity index (χ3v) is 2.35. The van der Waals surface area contributed by atoms with Gasteiger partial charge in [0.1, 0.15) is 11.6 Å². The molecule has 0 amide bonds. The SMILES string of the molecule is Cc1onc(-c2ccc(F)cc2)c1[B-](F)(F)F.[K+]. The first-order valence-corrected chi connectivity index (χ1v) is 4.81. The zero-order valence-corrected chi connectivity index (χ0v) is 12.9. The van der Waals surface area contributed by atoms with E-state index in [2.05, 4.69) is 9.68 Å². The Morgan fingerprint density at radius 2 is 1.67 bits per heavy atom. The summed E-state index contributed by atoms with van der Waals surface area (Å²) in [6.07, 6.45) is 0. The summed E-state index contributed by atoms with van der Waals surface area (Å²) in [5.41, 5.74) is -0.982. The molecule has 0 saturated heterocycles. The molecule has 2 nitrogen and oxygen atoms in total. The molecule has 0 radical (unpaired) electrons. The van der Waals surface area contributed by atoms with Crippen LogP contribution in [0.5, 0.6) is 0 Å². The molecule has 0 fully saturated rings. The van der Waals surface area contributed by atoms with Crippen LogP contribution in [0.25, 0.3) is 11.3 Å². The van der Waals surface area contributed by atoms with Crippen molar-refractivity contribution in [2.24, 2.45) is 0 Å². The second-order valence-corrected chi connectivity index (χ2v) is 3.58. The van der Waals surface area contributed by atoms with Gasteiger partial charge in [0.15, 0.2) is 0 Å². The molecule has 0 N–H and O–H groups in total. The Hall–Kier alpha value is -0.149. The van der Waals surface area contributed by atoms with Gasteiger partial charge in [-0.3, -0.25) is 0 Å². The van der Waals surface area contributed by atoms with Gasteiger partial charge in [-0.05, 0) is 36.7 Å². The van der Waals surface area contributed by atoms with Crippen LogP contribution in [0.2, 0.25) is 0 Å². The molecule has 2 rings (SSSR count). The molecule has 0 aliphatic heterocycles. The van der Waals surface area contributed by atoms with Gasteiger partial charge in [0.05, 0.1) is 5.69 Å². The van der Waals surface area contributed by atoms with Crippen molar-refractivity contribution in [3.05, 3.63) is 35.8 Å². The van der Waals surface area contributed by atoms with Crippen molar-refractivity contribution in [3.8, 4) is 11.3 Å². The molecule has 0 bridgehead atoms. The maximum absolute atomic E-state index is 12.8. The van der Waals surface area contributed by atoms with Crippen molar-refractivity contribution in [1.82, 2.24) is 5.16 Å². The van der Waals surface area contributed by atoms with Crippen LogP contribution in [0.3, 0.4) is 0 Å². The first-order valence-electron chi connectivity index (χ1n) is 4.81. The van der Waals surface area contributed by atoms with Crippen LogP contribution in [0, 0.1) is 12.7 Å². The second kappa shape index (κ2) is 5.87. The van der Waals surface area contributed by atoms with Crippen molar-refractivity contribution < 1.29 is 73.2 Å². The van der Waals surface area contributed by atoms with E-state index < -0.39 is 18.3 Å². The minimum atomic E-state index is -5.21. The van der Waals surface area contributed by atoms with Crippen molar-refractivity contribution in [3.63, 3.8) is 0 Å². The standard InChI is InChI=1S/C10H7BF4NO.K/c1-6-9(11(13,14)15)10(16-17-6)7-2-4-8(12)5-3-7;/h2-5H,1H3;/q-1;+1. The summed E-state index contributed by atoms with van der Waals surface area (Å²) < 4.78 is 55.6. The molecule has 0 aliphatic rings. The van der Waals surface area contributed by atoms with Crippen LogP contribution in [-0.2, 0) is 0 Å². The van der Waals surface area contributed by atoms with E-state index in [1.807, 2.05) is 0 Å². The minimum absolute atomic E-state index is 0. The predicted molar refractivity (Wildman–Crippen MR) is 55.3 cm³/mol. The molecule has 0 spiro atoms. The molecule has 8 heteroatoms. The summed E-state index contributed by atoms with van der Waals surface area (Å²) in [6, 6.07) is 4.62. The van der Waals surface area contributed by atoms with Crippen LogP contribution in [0.4, 0.5) is 17.3 Å². The number of hydrogen-bond donors (Lipinski definition) is 0. The maximum Gasteiger partial charge on any atom is 1.00 e. The van der Waals surface area contributed by atoms with Gasteiger partial charge in [-0.2, -0.15) is 0 Å². The fourth-order valence-corrected chi connectivity index (χ4v) is 1.58. The van der Waals surface area contributed by atoms with Gasteiger partial charge in [-0.25, -0.2) is 4.39 Å². The predicted octanol–water partition coefficient (Wildman–Crippen LogP) is -0.152. The molecule has 0 unspecified atom stereocenters. The molecule has 90 valence electrons. The number of aryl methyl sites for hydroxylation is 1. The molecule has 1 aromatic heterocycles. The van der Waals surface area contributed by atoms with E-state index in [0.29, 0.717) is 0 Å². The van der Waals surface area contributed by atoms with E-state index in [0.717, 1.165) is 12.1 Å². The van der Waals surface area contributed by atoms with Crippen LogP contribution in [0.1, 0.15) is 5.76 Å². The van der Waals surface area contributed by atoms with E-state index in [1.54, 1.807) is 0 Å². The zero-order chi connectivity index (χ0) is 12.6. The molecule has 0 saturated carbocycles. The van der Waals surface area contributed by atoms with Crippen molar-refractivity contribution in [2.75, 3.05) is 0 Å². The fraction of sp³-hybridized carbons (Fsp3) is 0.100. The van der Waals surface area contributed by atoms with Crippen molar-refractivity contribution in [2.45, 2.75) is 6.92 Å². The summed E-state index contributed by atoms with van der Waals surface area (Å²) in [7, 11) is 0. The first kappa shape index (κ1) is 15.9. The van der Waals surface area contributed by atoms with Crippen molar-refractivity contribution in [1.29, 1.82) is 0 Å². The molecule has 2 aromatic rings. The van der Waals surface area contributed by atoms with Gasteiger partial charge < -0.3 is 17.5 Å². The molecular formula is C10H7BF4KNO. The molecule has 1 aromatic carbocycles. The normalized spacial score (nSPS) is 11.2. The first-order chi connectivity index (χ1) is 7.89. The molecular weight excluding hydrogens is 276 g/mol. The number of halogens is 4. The summed E-state index contributed by atoms with van der Waals surface area (Å²) in [4.78, 5) is 0. The number of nitrogens with zero attached hydrogens (tertiary/aromatic N) is 1. The smallest absolute Gasteiger partial charge is 0.445 e. The monoisotopic (exact) mass is 283 g/mol. The summed E-state index contributed by atoms with van der Waals surface area (Å²) in [5, 5.41) is 3.38. The quantitative estimate of drug-likeness (QED) is 0.566. The third-order valence-electron chi connectivity index (χ3n) is 2.35. The minimum Gasteiger partial charge on any atom is -0.445 e. The fourth-order valence-electron chi connectivity index (χ4n) is 1.58. The summed E-state index contributed by atoms with van der Waals surface area (Å²) in [5.74, 6) is -0.801. The van der Waals surface area contributed by atoms with Crippen LogP contribution >= 0.6 is 0 Å². The van der Waals surface area contributed by atoms with E-state index in [4.69, 9.17) is 0 Å². The molecule has 1 heterocycles. The topological polar surface area (TPSA) is 26.0 Å². The Morgan fingerprint density at radius 3 is 2.17 bits per heavy atom. The van der Waals surface area contributed by atoms with Gasteiger partial charge in [0.25, 0.3) is 0 Å². The Morgan fingerprint density at radius 1 is 1.11 bits per heavy atom. The summed E-state index contributed by atoms with van der Waals surface area (Å²) >= 11 is 0. The van der Waals surface area contributed by atoms with E-state index >= 15 is 0 Å². The Kier molecular flexibility index (Phi) is 5.19. The van der Waals surface area contributed by atoms with E-state index in [-0.39, 0.29) is 68.4 Å². The number of rotatable bonds is 2. The largest absolute Gasteiger partial charge is 1.00 e. The third kappa shape index (κ3) is 3.24. The van der Waals surface area contributed by atoms with Gasteiger partial charge in [-0.15, -0.1) is 0 Å². The zero-order valence-electron chi connectivity index (χ0n) is 9.75. The second-order valence-electron chi connectivity index (χ2n) is 3.58. The van der Waals surface area contributed by atoms with Crippen LogP contribution < -0.4 is 56.8 Å². The molecule has 0 aliphatic carbocycles. The number of aromatic nitrogens is 1. The van der Waals surface area contributed by atoms with E-state index in [1.165, 1.54) is 19.1 Å². The summed E-state index contributed by atoms with van der Waals surface area (Å²) in [6.45, 7) is -4.01. The van der Waals surface area contributed by atoms with Crippen molar-refractivity contribution >= 4 is 12.4 Å². The number of benzene rings is 1. The van der Waals surface area contributed by atoms with Crippen LogP contribution in [0.15, 0.2) is 28.8 Å². The average Bonchev–Trinajstić information content (AvgIpc) is 2.61.